The molecule has 1 atom stereocenters. The largest absolute Gasteiger partial charge is 0.373 e. The molecule has 1 heterocycles. The Morgan fingerprint density at radius 2 is 2.06 bits per heavy atom. The average Bonchev–Trinajstić information content (AvgIpc) is 3.54. The molecule has 2 saturated carbocycles. The van der Waals surface area contributed by atoms with E-state index in [-0.39, 0.29) is 35.6 Å². The monoisotopic (exact) mass is 440 g/mol. The van der Waals surface area contributed by atoms with Crippen molar-refractivity contribution in [2.75, 3.05) is 5.32 Å². The highest BCUT2D eigenvalue weighted by molar-refractivity contribution is 5.97. The van der Waals surface area contributed by atoms with Crippen molar-refractivity contribution in [3.05, 3.63) is 47.4 Å². The molecule has 1 amide bonds. The summed E-state index contributed by atoms with van der Waals surface area (Å²) >= 11 is 0. The summed E-state index contributed by atoms with van der Waals surface area (Å²) in [6.07, 6.45) is 5.86. The fourth-order valence-electron chi connectivity index (χ4n) is 4.46. The molecule has 1 aromatic heterocycles. The number of nitrogens with zero attached hydrogens (tertiary/aromatic N) is 3. The van der Waals surface area contributed by atoms with Crippen LogP contribution in [-0.4, -0.2) is 33.1 Å². The molecule has 8 nitrogen and oxygen atoms in total. The zero-order valence-electron chi connectivity index (χ0n) is 17.9. The van der Waals surface area contributed by atoms with Crippen LogP contribution in [0, 0.1) is 23.1 Å². The van der Waals surface area contributed by atoms with Gasteiger partial charge in [0.15, 0.2) is 5.82 Å². The number of nitrogens with one attached hydrogen (secondary N) is 2. The highest BCUT2D eigenvalue weighted by Crippen LogP contribution is 2.39. The molecule has 0 radical (unpaired) electrons. The summed E-state index contributed by atoms with van der Waals surface area (Å²) < 4.78 is 15.6. The molecule has 0 bridgehead atoms. The predicted molar refractivity (Wildman–Crippen MR) is 117 cm³/mol. The Bertz CT molecular complexity index is 1000. The van der Waals surface area contributed by atoms with E-state index in [2.05, 4.69) is 21.8 Å². The summed E-state index contributed by atoms with van der Waals surface area (Å²) in [5, 5.41) is 30.6. The van der Waals surface area contributed by atoms with Crippen LogP contribution in [0.3, 0.4) is 0 Å². The van der Waals surface area contributed by atoms with Gasteiger partial charge in [-0.25, -0.2) is 4.39 Å². The number of hydrogen-bond acceptors (Lipinski definition) is 6. The van der Waals surface area contributed by atoms with Crippen LogP contribution >= 0.6 is 0 Å². The molecule has 170 valence electrons. The van der Waals surface area contributed by atoms with Crippen LogP contribution in [0.15, 0.2) is 30.5 Å². The Labute approximate surface area is 186 Å². The molecule has 0 saturated heterocycles. The van der Waals surface area contributed by atoms with Gasteiger partial charge in [-0.15, -0.1) is 0 Å². The van der Waals surface area contributed by atoms with Crippen LogP contribution in [0.2, 0.25) is 0 Å². The van der Waals surface area contributed by atoms with Gasteiger partial charge in [-0.05, 0) is 44.6 Å². The van der Waals surface area contributed by atoms with Gasteiger partial charge in [0.25, 0.3) is 5.91 Å². The first-order chi connectivity index (χ1) is 15.4. The third-order valence-electron chi connectivity index (χ3n) is 6.68. The van der Waals surface area contributed by atoms with Gasteiger partial charge in [-0.1, -0.05) is 18.2 Å². The third kappa shape index (κ3) is 4.76. The Hall–Kier alpha value is -2.96. The highest BCUT2D eigenvalue weighted by Gasteiger charge is 2.39. The van der Waals surface area contributed by atoms with Crippen molar-refractivity contribution >= 4 is 11.7 Å². The Morgan fingerprint density at radius 3 is 2.69 bits per heavy atom. The fraction of sp³-hybridized carbons (Fsp3) is 0.522. The maximum absolute atomic E-state index is 13.9. The van der Waals surface area contributed by atoms with Crippen LogP contribution in [0.5, 0.6) is 0 Å². The van der Waals surface area contributed by atoms with Crippen molar-refractivity contribution in [2.24, 2.45) is 11.7 Å². The SMILES string of the molecule is N#CCC1(n2cc(C(N)=O)c(NC(O)C3CC3)n2)CCC(NCc2ccccc2F)CC1. The summed E-state index contributed by atoms with van der Waals surface area (Å²) in [5.74, 6) is -0.438. The minimum absolute atomic E-state index is 0.157. The smallest absolute Gasteiger partial charge is 0.254 e. The molecule has 0 aliphatic heterocycles. The predicted octanol–water partition coefficient (Wildman–Crippen LogP) is 2.60. The third-order valence-corrected chi connectivity index (χ3v) is 6.68. The molecule has 4 rings (SSSR count). The second-order valence-corrected chi connectivity index (χ2v) is 8.93. The quantitative estimate of drug-likeness (QED) is 0.444. The number of benzene rings is 1. The van der Waals surface area contributed by atoms with E-state index in [1.807, 2.05) is 6.07 Å². The van der Waals surface area contributed by atoms with Gasteiger partial charge in [0.2, 0.25) is 0 Å². The maximum Gasteiger partial charge on any atom is 0.254 e. The number of amides is 1. The lowest BCUT2D eigenvalue weighted by Gasteiger charge is -2.39. The molecule has 9 heteroatoms. The molecular weight excluding hydrogens is 411 g/mol. The average molecular weight is 441 g/mol. The van der Waals surface area contributed by atoms with Gasteiger partial charge >= 0.3 is 0 Å². The number of rotatable bonds is 9. The normalized spacial score (nSPS) is 24.0. The van der Waals surface area contributed by atoms with Crippen LogP contribution in [0.25, 0.3) is 0 Å². The molecule has 1 aromatic carbocycles. The van der Waals surface area contributed by atoms with Crippen LogP contribution in [0.4, 0.5) is 10.2 Å². The topological polar surface area (TPSA) is 129 Å². The van der Waals surface area contributed by atoms with Crippen LogP contribution in [-0.2, 0) is 12.1 Å². The second-order valence-electron chi connectivity index (χ2n) is 8.93. The number of carbonyl (C=O) groups is 1. The van der Waals surface area contributed by atoms with E-state index < -0.39 is 17.7 Å². The molecule has 2 fully saturated rings. The standard InChI is InChI=1S/C23H29FN6O2/c24-19-4-2-1-3-16(19)13-27-17-7-9-23(10-8-17,11-12-25)30-14-18(20(26)31)21(29-30)28-22(32)15-5-6-15/h1-4,14-15,17,22,27,32H,5-11,13H2,(H2,26,31)(H,28,29). The van der Waals surface area contributed by atoms with Gasteiger partial charge < -0.3 is 21.5 Å². The van der Waals surface area contributed by atoms with Gasteiger partial charge in [0.1, 0.15) is 17.6 Å². The molecule has 0 spiro atoms. The van der Waals surface area contributed by atoms with Gasteiger partial charge in [0.05, 0.1) is 18.0 Å². The minimum atomic E-state index is -0.776. The summed E-state index contributed by atoms with van der Waals surface area (Å²) in [7, 11) is 0. The lowest BCUT2D eigenvalue weighted by Crippen LogP contribution is -2.43. The van der Waals surface area contributed by atoms with E-state index in [0.29, 0.717) is 24.9 Å². The first-order valence-corrected chi connectivity index (χ1v) is 11.1. The summed E-state index contributed by atoms with van der Waals surface area (Å²) in [6.45, 7) is 0.448. The van der Waals surface area contributed by atoms with Gasteiger partial charge in [0, 0.05) is 30.3 Å². The zero-order valence-corrected chi connectivity index (χ0v) is 17.9. The molecule has 2 aliphatic rings. The first kappa shape index (κ1) is 22.2. The number of anilines is 1. The number of nitrogens with two attached hydrogens (primary N) is 1. The van der Waals surface area contributed by atoms with Gasteiger partial charge in [-0.3, -0.25) is 9.48 Å². The van der Waals surface area contributed by atoms with Crippen molar-refractivity contribution < 1.29 is 14.3 Å². The summed E-state index contributed by atoms with van der Waals surface area (Å²) in [6, 6.07) is 9.18. The number of nitriles is 1. The Balaban J connectivity index is 1.46. The number of aliphatic hydroxyl groups is 1. The number of carbonyl (C=O) groups excluding carboxylic acids is 1. The van der Waals surface area contributed by atoms with Crippen LogP contribution in [0.1, 0.15) is 60.9 Å². The molecular formula is C23H29FN6O2. The molecule has 1 unspecified atom stereocenters. The molecule has 2 aliphatic carbocycles. The first-order valence-electron chi connectivity index (χ1n) is 11.1. The Morgan fingerprint density at radius 1 is 1.34 bits per heavy atom. The van der Waals surface area contributed by atoms with E-state index in [4.69, 9.17) is 5.73 Å². The van der Waals surface area contributed by atoms with E-state index >= 15 is 0 Å². The number of aromatic nitrogens is 2. The zero-order chi connectivity index (χ0) is 22.7. The van der Waals surface area contributed by atoms with Crippen molar-refractivity contribution in [2.45, 2.75) is 69.3 Å². The Kier molecular flexibility index (Phi) is 6.44. The fourth-order valence-corrected chi connectivity index (χ4v) is 4.46. The van der Waals surface area contributed by atoms with E-state index in [9.17, 15) is 19.6 Å². The number of primary amides is 1. The van der Waals surface area contributed by atoms with Crippen molar-refractivity contribution in [1.82, 2.24) is 15.1 Å². The molecule has 32 heavy (non-hydrogen) atoms. The summed E-state index contributed by atoms with van der Waals surface area (Å²) in [4.78, 5) is 12.0. The van der Waals surface area contributed by atoms with Crippen molar-refractivity contribution in [3.8, 4) is 6.07 Å². The maximum atomic E-state index is 13.9. The number of aliphatic hydroxyl groups excluding tert-OH is 1. The second kappa shape index (κ2) is 9.27. The number of halogens is 1. The van der Waals surface area contributed by atoms with E-state index in [1.165, 1.54) is 6.07 Å². The lowest BCUT2D eigenvalue weighted by molar-refractivity contribution is 0.1000. The van der Waals surface area contributed by atoms with E-state index in [1.54, 1.807) is 23.0 Å². The highest BCUT2D eigenvalue weighted by atomic mass is 19.1. The van der Waals surface area contributed by atoms with Crippen molar-refractivity contribution in [1.29, 1.82) is 5.26 Å². The molecule has 2 aromatic rings. The van der Waals surface area contributed by atoms with Crippen molar-refractivity contribution in [3.63, 3.8) is 0 Å². The van der Waals surface area contributed by atoms with Gasteiger partial charge in [-0.2, -0.15) is 10.4 Å². The van der Waals surface area contributed by atoms with E-state index in [0.717, 1.165) is 25.7 Å². The summed E-state index contributed by atoms with van der Waals surface area (Å²) in [5.41, 5.74) is 5.83. The van der Waals surface area contributed by atoms with Crippen LogP contribution < -0.4 is 16.4 Å². The lowest BCUT2D eigenvalue weighted by atomic mass is 9.77. The molecule has 5 N–H and O–H groups in total. The number of hydrogen-bond donors (Lipinski definition) is 4. The minimum Gasteiger partial charge on any atom is -0.373 e.